The molecule has 3 rings (SSSR count). The van der Waals surface area contributed by atoms with Gasteiger partial charge in [-0.25, -0.2) is 0 Å². The third kappa shape index (κ3) is 4.36. The quantitative estimate of drug-likeness (QED) is 0.854. The maximum atomic E-state index is 12.1. The monoisotopic (exact) mass is 323 g/mol. The first-order valence-electron chi connectivity index (χ1n) is 8.65. The van der Waals surface area contributed by atoms with Crippen LogP contribution in [0.5, 0.6) is 0 Å². The van der Waals surface area contributed by atoms with Crippen molar-refractivity contribution in [2.75, 3.05) is 29.9 Å². The molecule has 0 aliphatic carbocycles. The Balaban J connectivity index is 1.48. The van der Waals surface area contributed by atoms with Crippen LogP contribution in [0.25, 0.3) is 0 Å². The molecule has 0 saturated carbocycles. The van der Waals surface area contributed by atoms with Gasteiger partial charge in [0.15, 0.2) is 0 Å². The first kappa shape index (κ1) is 16.5. The number of anilines is 2. The second-order valence-corrected chi connectivity index (χ2v) is 6.30. The van der Waals surface area contributed by atoms with E-state index in [0.717, 1.165) is 18.8 Å². The maximum absolute atomic E-state index is 12.1. The highest BCUT2D eigenvalue weighted by atomic mass is 16.1. The summed E-state index contributed by atoms with van der Waals surface area (Å²) in [5.74, 6) is -0.0216. The minimum atomic E-state index is -0.0216. The van der Waals surface area contributed by atoms with Crippen molar-refractivity contribution in [2.24, 2.45) is 0 Å². The number of hydrogen-bond donors (Lipinski definition) is 2. The zero-order valence-electron chi connectivity index (χ0n) is 14.2. The van der Waals surface area contributed by atoms with Crippen LogP contribution in [0.2, 0.25) is 0 Å². The Hall–Kier alpha value is -2.33. The molecule has 1 unspecified atom stereocenters. The van der Waals surface area contributed by atoms with Gasteiger partial charge in [-0.15, -0.1) is 0 Å². The summed E-state index contributed by atoms with van der Waals surface area (Å²) in [7, 11) is 0. The molecule has 1 amide bonds. The summed E-state index contributed by atoms with van der Waals surface area (Å²) >= 11 is 0. The van der Waals surface area contributed by atoms with Crippen molar-refractivity contribution >= 4 is 17.3 Å². The molecular weight excluding hydrogens is 298 g/mol. The van der Waals surface area contributed by atoms with E-state index < -0.39 is 0 Å². The van der Waals surface area contributed by atoms with Crippen LogP contribution in [0, 0.1) is 0 Å². The SMILES string of the molecule is CC(NCC(=O)Nc1ccc(N2CCCC2)cc1)c1ccccc1. The van der Waals surface area contributed by atoms with E-state index in [1.165, 1.54) is 24.1 Å². The van der Waals surface area contributed by atoms with Gasteiger partial charge < -0.3 is 15.5 Å². The molecule has 4 nitrogen and oxygen atoms in total. The smallest absolute Gasteiger partial charge is 0.238 e. The van der Waals surface area contributed by atoms with Crippen molar-refractivity contribution in [3.63, 3.8) is 0 Å². The largest absolute Gasteiger partial charge is 0.372 e. The van der Waals surface area contributed by atoms with Crippen LogP contribution in [-0.4, -0.2) is 25.5 Å². The molecule has 2 N–H and O–H groups in total. The summed E-state index contributed by atoms with van der Waals surface area (Å²) in [5, 5.41) is 6.20. The van der Waals surface area contributed by atoms with E-state index in [1.54, 1.807) is 0 Å². The molecule has 1 fully saturated rings. The van der Waals surface area contributed by atoms with Gasteiger partial charge in [-0.3, -0.25) is 4.79 Å². The Morgan fingerprint density at radius 2 is 1.71 bits per heavy atom. The predicted octanol–water partition coefficient (Wildman–Crippen LogP) is 3.58. The minimum absolute atomic E-state index is 0.0216. The van der Waals surface area contributed by atoms with E-state index in [-0.39, 0.29) is 11.9 Å². The van der Waals surface area contributed by atoms with Gasteiger partial charge in [0.2, 0.25) is 5.91 Å². The number of nitrogens with zero attached hydrogens (tertiary/aromatic N) is 1. The van der Waals surface area contributed by atoms with Crippen LogP contribution in [0.3, 0.4) is 0 Å². The normalized spacial score (nSPS) is 15.3. The molecule has 4 heteroatoms. The van der Waals surface area contributed by atoms with Crippen molar-refractivity contribution < 1.29 is 4.79 Å². The van der Waals surface area contributed by atoms with Crippen molar-refractivity contribution in [1.82, 2.24) is 5.32 Å². The first-order valence-corrected chi connectivity index (χ1v) is 8.65. The highest BCUT2D eigenvalue weighted by Crippen LogP contribution is 2.22. The highest BCUT2D eigenvalue weighted by Gasteiger charge is 2.12. The van der Waals surface area contributed by atoms with Gasteiger partial charge in [-0.2, -0.15) is 0 Å². The number of carbonyl (C=O) groups is 1. The molecule has 2 aromatic carbocycles. The number of carbonyl (C=O) groups excluding carboxylic acids is 1. The van der Waals surface area contributed by atoms with E-state index in [9.17, 15) is 4.79 Å². The van der Waals surface area contributed by atoms with Crippen LogP contribution < -0.4 is 15.5 Å². The molecule has 2 aromatic rings. The summed E-state index contributed by atoms with van der Waals surface area (Å²) in [6.45, 7) is 4.62. The van der Waals surface area contributed by atoms with E-state index in [4.69, 9.17) is 0 Å². The molecule has 0 radical (unpaired) electrons. The summed E-state index contributed by atoms with van der Waals surface area (Å²) in [6.07, 6.45) is 2.54. The van der Waals surface area contributed by atoms with Gasteiger partial charge in [0.05, 0.1) is 6.54 Å². The Morgan fingerprint density at radius 1 is 1.04 bits per heavy atom. The Morgan fingerprint density at radius 3 is 2.38 bits per heavy atom. The summed E-state index contributed by atoms with van der Waals surface area (Å²) in [6, 6.07) is 18.4. The maximum Gasteiger partial charge on any atom is 0.238 e. The Kier molecular flexibility index (Phi) is 5.49. The lowest BCUT2D eigenvalue weighted by molar-refractivity contribution is -0.115. The van der Waals surface area contributed by atoms with Gasteiger partial charge in [0.25, 0.3) is 0 Å². The lowest BCUT2D eigenvalue weighted by atomic mass is 10.1. The average Bonchev–Trinajstić information content (AvgIpc) is 3.16. The molecule has 1 aliphatic rings. The molecule has 1 saturated heterocycles. The third-order valence-corrected chi connectivity index (χ3v) is 4.49. The molecule has 0 aromatic heterocycles. The Bertz CT molecular complexity index is 648. The molecule has 1 aliphatic heterocycles. The second kappa shape index (κ2) is 7.97. The molecule has 1 atom stereocenters. The van der Waals surface area contributed by atoms with Gasteiger partial charge in [-0.1, -0.05) is 30.3 Å². The molecule has 0 bridgehead atoms. The van der Waals surface area contributed by atoms with Crippen molar-refractivity contribution in [1.29, 1.82) is 0 Å². The van der Waals surface area contributed by atoms with Gasteiger partial charge in [0.1, 0.15) is 0 Å². The summed E-state index contributed by atoms with van der Waals surface area (Å²) in [4.78, 5) is 14.5. The number of benzene rings is 2. The Labute approximate surface area is 143 Å². The number of nitrogens with one attached hydrogen (secondary N) is 2. The average molecular weight is 323 g/mol. The third-order valence-electron chi connectivity index (χ3n) is 4.49. The van der Waals surface area contributed by atoms with Crippen LogP contribution in [0.4, 0.5) is 11.4 Å². The first-order chi connectivity index (χ1) is 11.7. The van der Waals surface area contributed by atoms with Crippen LogP contribution in [-0.2, 0) is 4.79 Å². The predicted molar refractivity (Wildman–Crippen MR) is 99.4 cm³/mol. The number of hydrogen-bond acceptors (Lipinski definition) is 3. The number of amides is 1. The van der Waals surface area contributed by atoms with E-state index >= 15 is 0 Å². The van der Waals surface area contributed by atoms with E-state index in [2.05, 4.69) is 46.7 Å². The zero-order chi connectivity index (χ0) is 16.8. The summed E-state index contributed by atoms with van der Waals surface area (Å²) < 4.78 is 0. The van der Waals surface area contributed by atoms with Gasteiger partial charge >= 0.3 is 0 Å². The fraction of sp³-hybridized carbons (Fsp3) is 0.350. The van der Waals surface area contributed by atoms with Gasteiger partial charge in [-0.05, 0) is 49.6 Å². The lowest BCUT2D eigenvalue weighted by Crippen LogP contribution is -2.30. The molecule has 126 valence electrons. The molecule has 0 spiro atoms. The highest BCUT2D eigenvalue weighted by molar-refractivity contribution is 5.92. The van der Waals surface area contributed by atoms with E-state index in [1.807, 2.05) is 30.3 Å². The zero-order valence-corrected chi connectivity index (χ0v) is 14.2. The molecule has 1 heterocycles. The van der Waals surface area contributed by atoms with Gasteiger partial charge in [0, 0.05) is 30.5 Å². The molecular formula is C20H25N3O. The van der Waals surface area contributed by atoms with Crippen LogP contribution >= 0.6 is 0 Å². The second-order valence-electron chi connectivity index (χ2n) is 6.30. The standard InChI is InChI=1S/C20H25N3O/c1-16(17-7-3-2-4-8-17)21-15-20(24)22-18-9-11-19(12-10-18)23-13-5-6-14-23/h2-4,7-12,16,21H,5-6,13-15H2,1H3,(H,22,24). The van der Waals surface area contributed by atoms with Crippen molar-refractivity contribution in [3.05, 3.63) is 60.2 Å². The fourth-order valence-electron chi connectivity index (χ4n) is 3.04. The van der Waals surface area contributed by atoms with Crippen molar-refractivity contribution in [2.45, 2.75) is 25.8 Å². The fourth-order valence-corrected chi connectivity index (χ4v) is 3.04. The molecule has 24 heavy (non-hydrogen) atoms. The number of rotatable bonds is 6. The minimum Gasteiger partial charge on any atom is -0.372 e. The van der Waals surface area contributed by atoms with Crippen molar-refractivity contribution in [3.8, 4) is 0 Å². The topological polar surface area (TPSA) is 44.4 Å². The van der Waals surface area contributed by atoms with E-state index in [0.29, 0.717) is 6.54 Å². The lowest BCUT2D eigenvalue weighted by Gasteiger charge is -2.18. The summed E-state index contributed by atoms with van der Waals surface area (Å²) in [5.41, 5.74) is 3.26. The van der Waals surface area contributed by atoms with Crippen LogP contribution in [0.1, 0.15) is 31.4 Å². The van der Waals surface area contributed by atoms with Crippen LogP contribution in [0.15, 0.2) is 54.6 Å².